The molecule has 1 aromatic carbocycles. The van der Waals surface area contributed by atoms with Gasteiger partial charge in [-0.3, -0.25) is 0 Å². The lowest BCUT2D eigenvalue weighted by molar-refractivity contribution is 0.251. The Morgan fingerprint density at radius 2 is 2.00 bits per heavy atom. The summed E-state index contributed by atoms with van der Waals surface area (Å²) in [5.74, 6) is -3.33. The van der Waals surface area contributed by atoms with Crippen molar-refractivity contribution in [2.45, 2.75) is 10.7 Å². The van der Waals surface area contributed by atoms with Gasteiger partial charge in [-0.15, -0.1) is 0 Å². The van der Waals surface area contributed by atoms with E-state index in [1.807, 2.05) is 0 Å². The van der Waals surface area contributed by atoms with Crippen LogP contribution in [-0.2, 0) is 0 Å². The molecule has 0 spiro atoms. The molecular formula is C7H4ClF3S. The van der Waals surface area contributed by atoms with Gasteiger partial charge in [0, 0.05) is 9.92 Å². The minimum Gasteiger partial charge on any atom is -0.206 e. The third-order valence-electron chi connectivity index (χ3n) is 1.11. The second-order valence-electron chi connectivity index (χ2n) is 1.95. The molecule has 0 saturated carbocycles. The zero-order valence-electron chi connectivity index (χ0n) is 5.73. The van der Waals surface area contributed by atoms with Crippen LogP contribution >= 0.6 is 23.4 Å². The Bertz CT molecular complexity index is 277. The van der Waals surface area contributed by atoms with E-state index >= 15 is 0 Å². The fraction of sp³-hybridized carbons (Fsp3) is 0.143. The first kappa shape index (κ1) is 9.74. The molecule has 0 bridgehead atoms. The smallest absolute Gasteiger partial charge is 0.206 e. The molecule has 0 nitrogen and oxygen atoms in total. The van der Waals surface area contributed by atoms with E-state index in [2.05, 4.69) is 0 Å². The number of hydrogen-bond acceptors (Lipinski definition) is 1. The lowest BCUT2D eigenvalue weighted by Gasteiger charge is -2.01. The Labute approximate surface area is 76.7 Å². The second-order valence-corrected chi connectivity index (χ2v) is 3.42. The zero-order valence-corrected chi connectivity index (χ0v) is 7.30. The first-order chi connectivity index (χ1) is 5.59. The van der Waals surface area contributed by atoms with Gasteiger partial charge in [-0.1, -0.05) is 23.4 Å². The molecule has 0 atom stereocenters. The van der Waals surface area contributed by atoms with Crippen molar-refractivity contribution in [3.63, 3.8) is 0 Å². The van der Waals surface area contributed by atoms with Crippen LogP contribution < -0.4 is 0 Å². The average molecular weight is 213 g/mol. The number of hydrogen-bond donors (Lipinski definition) is 0. The summed E-state index contributed by atoms with van der Waals surface area (Å²) in [6, 6.07) is 3.61. The predicted molar refractivity (Wildman–Crippen MR) is 43.3 cm³/mol. The summed E-state index contributed by atoms with van der Waals surface area (Å²) >= 11 is 5.58. The van der Waals surface area contributed by atoms with Crippen LogP contribution in [0.4, 0.5) is 13.2 Å². The van der Waals surface area contributed by atoms with Crippen molar-refractivity contribution in [3.8, 4) is 0 Å². The predicted octanol–water partition coefficient (Wildman–Crippen LogP) is 3.79. The van der Waals surface area contributed by atoms with Gasteiger partial charge in [0.2, 0.25) is 0 Å². The molecule has 0 fully saturated rings. The molecule has 66 valence electrons. The Hall–Kier alpha value is -0.350. The summed E-state index contributed by atoms with van der Waals surface area (Å²) in [6.45, 7) is 0. The van der Waals surface area contributed by atoms with Gasteiger partial charge in [-0.2, -0.15) is 8.78 Å². The summed E-state index contributed by atoms with van der Waals surface area (Å²) in [5, 5.41) is 0.200. The molecular weight excluding hydrogens is 209 g/mol. The quantitative estimate of drug-likeness (QED) is 0.672. The fourth-order valence-electron chi connectivity index (χ4n) is 0.667. The molecule has 0 aliphatic rings. The summed E-state index contributed by atoms with van der Waals surface area (Å²) < 4.78 is 36.3. The van der Waals surface area contributed by atoms with Crippen LogP contribution in [0.5, 0.6) is 0 Å². The summed E-state index contributed by atoms with van der Waals surface area (Å²) in [6.07, 6.45) is 0. The van der Waals surface area contributed by atoms with E-state index in [0.29, 0.717) is 0 Å². The maximum Gasteiger partial charge on any atom is 0.289 e. The lowest BCUT2D eigenvalue weighted by Crippen LogP contribution is -1.85. The van der Waals surface area contributed by atoms with Crippen LogP contribution in [0.15, 0.2) is 23.1 Å². The van der Waals surface area contributed by atoms with Gasteiger partial charge in [-0.25, -0.2) is 4.39 Å². The van der Waals surface area contributed by atoms with Crippen molar-refractivity contribution in [3.05, 3.63) is 29.0 Å². The Morgan fingerprint density at radius 3 is 2.50 bits per heavy atom. The van der Waals surface area contributed by atoms with Crippen LogP contribution in [0, 0.1) is 5.82 Å². The van der Waals surface area contributed by atoms with Crippen LogP contribution in [0.1, 0.15) is 0 Å². The van der Waals surface area contributed by atoms with Gasteiger partial charge < -0.3 is 0 Å². The molecule has 0 amide bonds. The van der Waals surface area contributed by atoms with Gasteiger partial charge in [0.15, 0.2) is 0 Å². The molecule has 5 heteroatoms. The SMILES string of the molecule is Fc1cc(Cl)ccc1SC(F)F. The maximum absolute atomic E-state index is 12.8. The highest BCUT2D eigenvalue weighted by molar-refractivity contribution is 7.99. The van der Waals surface area contributed by atoms with Crippen LogP contribution in [0.2, 0.25) is 5.02 Å². The Morgan fingerprint density at radius 1 is 1.33 bits per heavy atom. The van der Waals surface area contributed by atoms with Crippen molar-refractivity contribution in [1.29, 1.82) is 0 Å². The van der Waals surface area contributed by atoms with Gasteiger partial charge in [0.25, 0.3) is 5.76 Å². The molecule has 0 N–H and O–H groups in total. The number of thioether (sulfide) groups is 1. The number of benzene rings is 1. The van der Waals surface area contributed by atoms with Crippen molar-refractivity contribution in [1.82, 2.24) is 0 Å². The monoisotopic (exact) mass is 212 g/mol. The molecule has 0 radical (unpaired) electrons. The standard InChI is InChI=1S/C7H4ClF3S/c8-4-1-2-6(5(9)3-4)12-7(10)11/h1-3,7H. The zero-order chi connectivity index (χ0) is 9.14. The van der Waals surface area contributed by atoms with Crippen molar-refractivity contribution >= 4 is 23.4 Å². The molecule has 12 heavy (non-hydrogen) atoms. The maximum atomic E-state index is 12.8. The van der Waals surface area contributed by atoms with E-state index in [9.17, 15) is 13.2 Å². The molecule has 0 heterocycles. The molecule has 1 aromatic rings. The van der Waals surface area contributed by atoms with E-state index in [0.717, 1.165) is 6.07 Å². The molecule has 1 rings (SSSR count). The first-order valence-electron chi connectivity index (χ1n) is 2.99. The van der Waals surface area contributed by atoms with E-state index < -0.39 is 11.6 Å². The third-order valence-corrected chi connectivity index (χ3v) is 2.11. The number of rotatable bonds is 2. The molecule has 0 aliphatic heterocycles. The van der Waals surface area contributed by atoms with Crippen LogP contribution in [-0.4, -0.2) is 5.76 Å². The van der Waals surface area contributed by atoms with Crippen molar-refractivity contribution in [2.75, 3.05) is 0 Å². The highest BCUT2D eigenvalue weighted by atomic mass is 35.5. The van der Waals surface area contributed by atoms with Crippen molar-refractivity contribution in [2.24, 2.45) is 0 Å². The second kappa shape index (κ2) is 4.05. The Balaban J connectivity index is 2.86. The van der Waals surface area contributed by atoms with E-state index in [4.69, 9.17) is 11.6 Å². The van der Waals surface area contributed by atoms with E-state index in [-0.39, 0.29) is 21.7 Å². The van der Waals surface area contributed by atoms with Gasteiger partial charge in [-0.05, 0) is 18.2 Å². The summed E-state index contributed by atoms with van der Waals surface area (Å²) in [4.78, 5) is -0.0885. The van der Waals surface area contributed by atoms with Gasteiger partial charge in [0.1, 0.15) is 5.82 Å². The normalized spacial score (nSPS) is 10.8. The van der Waals surface area contributed by atoms with Crippen LogP contribution in [0.3, 0.4) is 0 Å². The fourth-order valence-corrected chi connectivity index (χ4v) is 1.34. The van der Waals surface area contributed by atoms with E-state index in [1.165, 1.54) is 12.1 Å². The molecule has 0 aliphatic carbocycles. The minimum atomic E-state index is -2.61. The molecule has 0 aromatic heterocycles. The third kappa shape index (κ3) is 2.60. The van der Waals surface area contributed by atoms with Gasteiger partial charge in [0.05, 0.1) is 0 Å². The Kier molecular flexibility index (Phi) is 3.29. The highest BCUT2D eigenvalue weighted by Crippen LogP contribution is 2.28. The van der Waals surface area contributed by atoms with E-state index in [1.54, 1.807) is 0 Å². The van der Waals surface area contributed by atoms with Crippen molar-refractivity contribution < 1.29 is 13.2 Å². The number of alkyl halides is 2. The average Bonchev–Trinajstić information content (AvgIpc) is 1.94. The summed E-state index contributed by atoms with van der Waals surface area (Å²) in [5.41, 5.74) is 0. The summed E-state index contributed by atoms with van der Waals surface area (Å²) in [7, 11) is 0. The first-order valence-corrected chi connectivity index (χ1v) is 4.25. The lowest BCUT2D eigenvalue weighted by atomic mass is 10.3. The number of halogens is 4. The minimum absolute atomic E-state index is 0.0885. The van der Waals surface area contributed by atoms with Crippen LogP contribution in [0.25, 0.3) is 0 Å². The van der Waals surface area contributed by atoms with Gasteiger partial charge >= 0.3 is 0 Å². The largest absolute Gasteiger partial charge is 0.289 e. The highest BCUT2D eigenvalue weighted by Gasteiger charge is 2.09. The molecule has 0 saturated heterocycles. The topological polar surface area (TPSA) is 0 Å². The molecule has 0 unspecified atom stereocenters.